The van der Waals surface area contributed by atoms with Crippen molar-refractivity contribution in [3.63, 3.8) is 0 Å². The third-order valence-corrected chi connectivity index (χ3v) is 9.26. The lowest BCUT2D eigenvalue weighted by Crippen LogP contribution is -2.41. The normalized spacial score (nSPS) is 21.1. The van der Waals surface area contributed by atoms with Crippen molar-refractivity contribution in [1.29, 1.82) is 0 Å². The van der Waals surface area contributed by atoms with E-state index in [1.54, 1.807) is 7.11 Å². The molecule has 236 valence electrons. The van der Waals surface area contributed by atoms with E-state index in [4.69, 9.17) is 14.2 Å². The minimum atomic E-state index is -0.388. The number of hydrogen-bond acceptors (Lipinski definition) is 6. The highest BCUT2D eigenvalue weighted by Crippen LogP contribution is 2.36. The van der Waals surface area contributed by atoms with Crippen molar-refractivity contribution in [3.8, 4) is 11.5 Å². The number of hydrogen-bond donors (Lipinski definition) is 2. The summed E-state index contributed by atoms with van der Waals surface area (Å²) in [5.74, 6) is 3.55. The van der Waals surface area contributed by atoms with Crippen LogP contribution in [0.15, 0.2) is 66.9 Å². The minimum absolute atomic E-state index is 0.0826. The molecule has 2 aliphatic rings. The molecule has 0 spiro atoms. The number of carbonyl (C=O) groups is 1. The van der Waals surface area contributed by atoms with Crippen LogP contribution in [0.25, 0.3) is 0 Å². The quantitative estimate of drug-likeness (QED) is 0.218. The average Bonchev–Trinajstić information content (AvgIpc) is 3.53. The first-order chi connectivity index (χ1) is 21.4. The summed E-state index contributed by atoms with van der Waals surface area (Å²) in [6, 6.07) is 20.1. The fraction of sp³-hybridized carbons (Fsp3) is 0.514. The average molecular weight is 600 g/mol. The van der Waals surface area contributed by atoms with Crippen LogP contribution in [0.1, 0.15) is 88.4 Å². The summed E-state index contributed by atoms with van der Waals surface area (Å²) in [6.45, 7) is 7.13. The number of rotatable bonds is 12. The molecule has 2 saturated carbocycles. The van der Waals surface area contributed by atoms with Gasteiger partial charge in [-0.15, -0.1) is 0 Å². The molecule has 0 bridgehead atoms. The van der Waals surface area contributed by atoms with Crippen molar-refractivity contribution in [3.05, 3.63) is 83.6 Å². The standard InChI is InChI=1S/C37H49N3O4/c1-25(2)31-16-14-26(3)20-34(31)44-37(41)40-32(29-15-17-33(42-4)35(23-29)43-30-12-8-9-13-30)24-39-36-22-28(18-19-38-36)21-27-10-6-5-7-11-27/h5-7,10-11,15,17-19,22-23,25-26,30-32,34H,8-9,12-14,16,20-21,24H2,1-4H3,(H,38,39)(H,40,41)/t26?,31?,32-,34?/m0/s1. The van der Waals surface area contributed by atoms with Gasteiger partial charge in [0.15, 0.2) is 11.5 Å². The van der Waals surface area contributed by atoms with Gasteiger partial charge in [-0.05, 0) is 104 Å². The first-order valence-corrected chi connectivity index (χ1v) is 16.4. The summed E-state index contributed by atoms with van der Waals surface area (Å²) in [5.41, 5.74) is 3.33. The SMILES string of the molecule is COc1ccc([C@H](CNc2cc(Cc3ccccc3)ccn2)NC(=O)OC2CC(C)CCC2C(C)C)cc1OC1CCCC1. The fourth-order valence-electron chi connectivity index (χ4n) is 6.72. The number of alkyl carbamates (subject to hydrolysis) is 1. The van der Waals surface area contributed by atoms with E-state index in [-0.39, 0.29) is 24.3 Å². The van der Waals surface area contributed by atoms with Crippen molar-refractivity contribution < 1.29 is 19.0 Å². The van der Waals surface area contributed by atoms with Crippen LogP contribution in [0, 0.1) is 17.8 Å². The number of methoxy groups -OCH3 is 1. The number of nitrogens with one attached hydrogen (secondary N) is 2. The van der Waals surface area contributed by atoms with E-state index >= 15 is 0 Å². The van der Waals surface area contributed by atoms with Gasteiger partial charge in [-0.25, -0.2) is 9.78 Å². The van der Waals surface area contributed by atoms with Gasteiger partial charge in [0.2, 0.25) is 0 Å². The van der Waals surface area contributed by atoms with Crippen LogP contribution < -0.4 is 20.1 Å². The summed E-state index contributed by atoms with van der Waals surface area (Å²) in [6.07, 6.45) is 10.00. The fourth-order valence-corrected chi connectivity index (χ4v) is 6.72. The molecule has 1 aromatic heterocycles. The second-order valence-electron chi connectivity index (χ2n) is 13.0. The van der Waals surface area contributed by atoms with E-state index in [2.05, 4.69) is 66.7 Å². The molecule has 2 N–H and O–H groups in total. The molecule has 5 rings (SSSR count). The maximum Gasteiger partial charge on any atom is 0.407 e. The molecular weight excluding hydrogens is 550 g/mol. The summed E-state index contributed by atoms with van der Waals surface area (Å²) >= 11 is 0. The van der Waals surface area contributed by atoms with Gasteiger partial charge in [-0.3, -0.25) is 0 Å². The summed E-state index contributed by atoms with van der Waals surface area (Å²) in [5, 5.41) is 6.67. The molecule has 7 nitrogen and oxygen atoms in total. The van der Waals surface area contributed by atoms with Crippen LogP contribution in [-0.4, -0.2) is 36.9 Å². The van der Waals surface area contributed by atoms with Crippen LogP contribution in [0.3, 0.4) is 0 Å². The number of benzene rings is 2. The number of aromatic nitrogens is 1. The summed E-state index contributed by atoms with van der Waals surface area (Å²) in [4.78, 5) is 18.1. The van der Waals surface area contributed by atoms with Crippen LogP contribution in [0.2, 0.25) is 0 Å². The molecule has 1 amide bonds. The maximum absolute atomic E-state index is 13.5. The zero-order valence-corrected chi connectivity index (χ0v) is 26.8. The molecule has 3 unspecified atom stereocenters. The third kappa shape index (κ3) is 8.67. The van der Waals surface area contributed by atoms with Gasteiger partial charge in [0.1, 0.15) is 11.9 Å². The van der Waals surface area contributed by atoms with Crippen LogP contribution >= 0.6 is 0 Å². The van der Waals surface area contributed by atoms with E-state index in [9.17, 15) is 4.79 Å². The number of pyridine rings is 1. The van der Waals surface area contributed by atoms with Gasteiger partial charge in [0.05, 0.1) is 19.3 Å². The molecule has 1 heterocycles. The Morgan fingerprint density at radius 1 is 0.955 bits per heavy atom. The van der Waals surface area contributed by atoms with Crippen molar-refractivity contribution >= 4 is 11.9 Å². The zero-order valence-electron chi connectivity index (χ0n) is 26.8. The molecule has 44 heavy (non-hydrogen) atoms. The molecule has 7 heteroatoms. The minimum Gasteiger partial charge on any atom is -0.493 e. The van der Waals surface area contributed by atoms with Gasteiger partial charge in [-0.1, -0.05) is 63.6 Å². The third-order valence-electron chi connectivity index (χ3n) is 9.26. The van der Waals surface area contributed by atoms with Gasteiger partial charge in [-0.2, -0.15) is 0 Å². The van der Waals surface area contributed by atoms with E-state index in [1.807, 2.05) is 36.5 Å². The predicted molar refractivity (Wildman–Crippen MR) is 175 cm³/mol. The molecule has 3 aromatic rings. The van der Waals surface area contributed by atoms with E-state index in [1.165, 1.54) is 30.4 Å². The topological polar surface area (TPSA) is 81.7 Å². The first kappa shape index (κ1) is 31.7. The summed E-state index contributed by atoms with van der Waals surface area (Å²) < 4.78 is 18.2. The number of nitrogens with zero attached hydrogens (tertiary/aromatic N) is 1. The second kappa shape index (κ2) is 15.3. The predicted octanol–water partition coefficient (Wildman–Crippen LogP) is 8.34. The van der Waals surface area contributed by atoms with Crippen LogP contribution in [0.4, 0.5) is 10.6 Å². The van der Waals surface area contributed by atoms with Gasteiger partial charge in [0, 0.05) is 12.7 Å². The lowest BCUT2D eigenvalue weighted by molar-refractivity contribution is 0.00507. The Labute approximate surface area is 263 Å². The van der Waals surface area contributed by atoms with Gasteiger partial charge < -0.3 is 24.8 Å². The Balaban J connectivity index is 1.34. The molecule has 0 aliphatic heterocycles. The smallest absolute Gasteiger partial charge is 0.407 e. The highest BCUT2D eigenvalue weighted by atomic mass is 16.6. The van der Waals surface area contributed by atoms with E-state index < -0.39 is 0 Å². The van der Waals surface area contributed by atoms with Crippen LogP contribution in [0.5, 0.6) is 11.5 Å². The number of anilines is 1. The highest BCUT2D eigenvalue weighted by Gasteiger charge is 2.34. The second-order valence-corrected chi connectivity index (χ2v) is 13.0. The number of ether oxygens (including phenoxy) is 3. The van der Waals surface area contributed by atoms with E-state index in [0.717, 1.165) is 43.5 Å². The molecule has 0 saturated heterocycles. The van der Waals surface area contributed by atoms with E-state index in [0.29, 0.717) is 35.8 Å². The maximum atomic E-state index is 13.5. The molecule has 2 aliphatic carbocycles. The Kier molecular flexibility index (Phi) is 11.0. The number of amides is 1. The van der Waals surface area contributed by atoms with Crippen molar-refractivity contribution in [1.82, 2.24) is 10.3 Å². The number of carbonyl (C=O) groups excluding carboxylic acids is 1. The lowest BCUT2D eigenvalue weighted by Gasteiger charge is -2.37. The first-order valence-electron chi connectivity index (χ1n) is 16.4. The Hall–Kier alpha value is -3.74. The monoisotopic (exact) mass is 599 g/mol. The van der Waals surface area contributed by atoms with Crippen molar-refractivity contribution in [2.24, 2.45) is 17.8 Å². The Morgan fingerprint density at radius 3 is 2.50 bits per heavy atom. The molecule has 4 atom stereocenters. The van der Waals surface area contributed by atoms with Gasteiger partial charge in [0.25, 0.3) is 0 Å². The zero-order chi connectivity index (χ0) is 30.9. The summed E-state index contributed by atoms with van der Waals surface area (Å²) in [7, 11) is 1.66. The largest absolute Gasteiger partial charge is 0.493 e. The van der Waals surface area contributed by atoms with Crippen LogP contribution in [-0.2, 0) is 11.2 Å². The molecule has 0 radical (unpaired) electrons. The van der Waals surface area contributed by atoms with Gasteiger partial charge >= 0.3 is 6.09 Å². The molecule has 2 fully saturated rings. The Bertz CT molecular complexity index is 1340. The highest BCUT2D eigenvalue weighted by molar-refractivity contribution is 5.68. The van der Waals surface area contributed by atoms with Crippen molar-refractivity contribution in [2.75, 3.05) is 19.0 Å². The molecule has 2 aromatic carbocycles. The van der Waals surface area contributed by atoms with Crippen molar-refractivity contribution in [2.45, 2.75) is 90.4 Å². The lowest BCUT2D eigenvalue weighted by atomic mass is 9.75. The molecular formula is C37H49N3O4. The Morgan fingerprint density at radius 2 is 1.75 bits per heavy atom.